The molecule has 0 fully saturated rings. The normalized spacial score (nSPS) is 13.2. The van der Waals surface area contributed by atoms with Crippen LogP contribution >= 0.6 is 0 Å². The van der Waals surface area contributed by atoms with Gasteiger partial charge in [0.15, 0.2) is 0 Å². The van der Waals surface area contributed by atoms with E-state index < -0.39 is 24.0 Å². The van der Waals surface area contributed by atoms with Gasteiger partial charge in [0.1, 0.15) is 6.04 Å². The van der Waals surface area contributed by atoms with Gasteiger partial charge in [0.05, 0.1) is 6.04 Å². The fourth-order valence-corrected chi connectivity index (χ4v) is 1.67. The monoisotopic (exact) mass is 290 g/mol. The van der Waals surface area contributed by atoms with Gasteiger partial charge in [-0.1, -0.05) is 13.8 Å². The number of hydrogen-bond acceptors (Lipinski definition) is 5. The number of rotatable bonds is 11. The van der Waals surface area contributed by atoms with Crippen molar-refractivity contribution >= 4 is 11.9 Å². The second kappa shape index (κ2) is 12.8. The Kier molecular flexibility index (Phi) is 13.6. The minimum Gasteiger partial charge on any atom is -0.480 e. The average molecular weight is 290 g/mol. The van der Waals surface area contributed by atoms with Crippen LogP contribution in [0.2, 0.25) is 0 Å². The van der Waals surface area contributed by atoms with E-state index in [2.05, 4.69) is 5.32 Å². The number of nitrogens with two attached hydrogens (primary N) is 3. The molecule has 7 nitrogen and oxygen atoms in total. The van der Waals surface area contributed by atoms with Crippen LogP contribution in [0.1, 0.15) is 46.0 Å². The first-order valence-corrected chi connectivity index (χ1v) is 6.71. The van der Waals surface area contributed by atoms with Crippen molar-refractivity contribution < 1.29 is 14.7 Å². The van der Waals surface area contributed by atoms with Crippen LogP contribution in [-0.4, -0.2) is 42.2 Å². The van der Waals surface area contributed by atoms with E-state index in [4.69, 9.17) is 22.3 Å². The summed E-state index contributed by atoms with van der Waals surface area (Å²) in [6.07, 6.45) is 3.85. The number of hydrogen-bond donors (Lipinski definition) is 5. The molecule has 0 unspecified atom stereocenters. The van der Waals surface area contributed by atoms with Crippen LogP contribution in [0, 0.1) is 0 Å². The maximum absolute atomic E-state index is 11.7. The number of nitrogens with one attached hydrogen (secondary N) is 1. The minimum absolute atomic E-state index is 0. The Morgan fingerprint density at radius 2 is 1.50 bits per heavy atom. The van der Waals surface area contributed by atoms with Crippen molar-refractivity contribution in [1.82, 2.24) is 5.32 Å². The zero-order valence-corrected chi connectivity index (χ0v) is 11.3. The lowest BCUT2D eigenvalue weighted by atomic mass is 10.1. The van der Waals surface area contributed by atoms with E-state index >= 15 is 0 Å². The molecule has 0 aliphatic carbocycles. The first-order valence-electron chi connectivity index (χ1n) is 6.71. The van der Waals surface area contributed by atoms with E-state index in [1.807, 2.05) is 0 Å². The van der Waals surface area contributed by atoms with Crippen LogP contribution in [0.25, 0.3) is 0 Å². The Hall–Kier alpha value is -1.18. The summed E-state index contributed by atoms with van der Waals surface area (Å²) in [6.45, 7) is 1.07. The van der Waals surface area contributed by atoms with Gasteiger partial charge < -0.3 is 27.6 Å². The molecule has 8 N–H and O–H groups in total. The molecule has 0 aliphatic rings. The Balaban J connectivity index is 0. The molecule has 0 bridgehead atoms. The topological polar surface area (TPSA) is 144 Å². The van der Waals surface area contributed by atoms with Gasteiger partial charge in [-0.15, -0.1) is 0 Å². The number of carboxylic acid groups (broad SMARTS) is 1. The molecule has 0 radical (unpaired) electrons. The molecule has 0 aromatic rings. The first-order chi connectivity index (χ1) is 9.02. The van der Waals surface area contributed by atoms with Crippen molar-refractivity contribution in [3.05, 3.63) is 0 Å². The van der Waals surface area contributed by atoms with Crippen molar-refractivity contribution in [2.24, 2.45) is 17.2 Å². The highest BCUT2D eigenvalue weighted by atomic mass is 16.4. The summed E-state index contributed by atoms with van der Waals surface area (Å²) in [4.78, 5) is 22.7. The van der Waals surface area contributed by atoms with Crippen LogP contribution in [0.3, 0.4) is 0 Å². The summed E-state index contributed by atoms with van der Waals surface area (Å²) >= 11 is 0. The van der Waals surface area contributed by atoms with Crippen molar-refractivity contribution in [2.45, 2.75) is 58.0 Å². The van der Waals surface area contributed by atoms with Crippen molar-refractivity contribution in [1.29, 1.82) is 0 Å². The molecule has 0 heterocycles. The summed E-state index contributed by atoms with van der Waals surface area (Å²) < 4.78 is 0. The van der Waals surface area contributed by atoms with Crippen LogP contribution < -0.4 is 22.5 Å². The molecule has 2 atom stereocenters. The van der Waals surface area contributed by atoms with Gasteiger partial charge in [-0.25, -0.2) is 4.79 Å². The van der Waals surface area contributed by atoms with Gasteiger partial charge in [-0.2, -0.15) is 0 Å². The molecule has 0 saturated heterocycles. The Bertz CT molecular complexity index is 274. The summed E-state index contributed by atoms with van der Waals surface area (Å²) in [7, 11) is 0. The molecule has 0 spiro atoms. The van der Waals surface area contributed by atoms with E-state index in [0.29, 0.717) is 32.4 Å². The standard InChI is InChI=1S/C12H26N4O3.CH4/c13-7-3-1-5-9(15)11(17)16-10(12(18)19)6-2-4-8-14;/h9-10H,1-8,13-15H2,(H,16,17)(H,18,19);1H4/t9-,10-;/m0./s1. The lowest BCUT2D eigenvalue weighted by Gasteiger charge is -2.17. The van der Waals surface area contributed by atoms with E-state index in [1.54, 1.807) is 0 Å². The smallest absolute Gasteiger partial charge is 0.326 e. The van der Waals surface area contributed by atoms with Crippen molar-refractivity contribution in [3.8, 4) is 0 Å². The molecule has 1 amide bonds. The molecule has 20 heavy (non-hydrogen) atoms. The molecule has 0 aliphatic heterocycles. The number of amides is 1. The van der Waals surface area contributed by atoms with Gasteiger partial charge in [0.25, 0.3) is 0 Å². The van der Waals surface area contributed by atoms with Crippen LogP contribution in [0.4, 0.5) is 0 Å². The number of aliphatic carboxylic acids is 1. The van der Waals surface area contributed by atoms with E-state index in [9.17, 15) is 9.59 Å². The van der Waals surface area contributed by atoms with E-state index in [0.717, 1.165) is 19.3 Å². The largest absolute Gasteiger partial charge is 0.480 e. The number of carbonyl (C=O) groups is 2. The van der Waals surface area contributed by atoms with Gasteiger partial charge in [-0.3, -0.25) is 4.79 Å². The third-order valence-electron chi connectivity index (χ3n) is 2.87. The highest BCUT2D eigenvalue weighted by Crippen LogP contribution is 2.03. The minimum atomic E-state index is -1.04. The summed E-state index contributed by atoms with van der Waals surface area (Å²) in [5.74, 6) is -1.46. The Morgan fingerprint density at radius 3 is 1.95 bits per heavy atom. The summed E-state index contributed by atoms with van der Waals surface area (Å²) in [5.41, 5.74) is 16.4. The van der Waals surface area contributed by atoms with Gasteiger partial charge in [0, 0.05) is 0 Å². The summed E-state index contributed by atoms with van der Waals surface area (Å²) in [5, 5.41) is 11.5. The molecule has 7 heteroatoms. The number of unbranched alkanes of at least 4 members (excludes halogenated alkanes) is 2. The zero-order chi connectivity index (χ0) is 14.7. The second-order valence-corrected chi connectivity index (χ2v) is 4.57. The predicted molar refractivity (Wildman–Crippen MR) is 80.1 cm³/mol. The molecule has 120 valence electrons. The zero-order valence-electron chi connectivity index (χ0n) is 11.3. The molecule has 0 saturated carbocycles. The fourth-order valence-electron chi connectivity index (χ4n) is 1.67. The van der Waals surface area contributed by atoms with Crippen molar-refractivity contribution in [2.75, 3.05) is 13.1 Å². The maximum atomic E-state index is 11.7. The SMILES string of the molecule is C.NCCCC[C@H](NC(=O)[C@@H](N)CCCCN)C(=O)O. The van der Waals surface area contributed by atoms with Crippen molar-refractivity contribution in [3.63, 3.8) is 0 Å². The third-order valence-corrected chi connectivity index (χ3v) is 2.87. The molecular formula is C13H30N4O3. The Morgan fingerprint density at radius 1 is 1.00 bits per heavy atom. The maximum Gasteiger partial charge on any atom is 0.326 e. The quantitative estimate of drug-likeness (QED) is 0.333. The van der Waals surface area contributed by atoms with Crippen LogP contribution in [0.5, 0.6) is 0 Å². The van der Waals surface area contributed by atoms with Gasteiger partial charge >= 0.3 is 5.97 Å². The molecular weight excluding hydrogens is 260 g/mol. The van der Waals surface area contributed by atoms with Crippen LogP contribution in [-0.2, 0) is 9.59 Å². The van der Waals surface area contributed by atoms with Gasteiger partial charge in [0.2, 0.25) is 5.91 Å². The predicted octanol–water partition coefficient (Wildman–Crippen LogP) is -0.223. The van der Waals surface area contributed by atoms with E-state index in [1.165, 1.54) is 0 Å². The van der Waals surface area contributed by atoms with E-state index in [-0.39, 0.29) is 7.43 Å². The second-order valence-electron chi connectivity index (χ2n) is 4.57. The highest BCUT2D eigenvalue weighted by Gasteiger charge is 2.22. The van der Waals surface area contributed by atoms with Gasteiger partial charge in [-0.05, 0) is 45.2 Å². The number of carbonyl (C=O) groups excluding carboxylic acids is 1. The number of carboxylic acids is 1. The lowest BCUT2D eigenvalue weighted by Crippen LogP contribution is -2.48. The average Bonchev–Trinajstić information content (AvgIpc) is 2.37. The Labute approximate surface area is 121 Å². The third kappa shape index (κ3) is 9.71. The fraction of sp³-hybridized carbons (Fsp3) is 0.846. The highest BCUT2D eigenvalue weighted by molar-refractivity contribution is 5.86. The molecule has 0 rings (SSSR count). The first kappa shape index (κ1) is 21.1. The molecule has 0 aromatic carbocycles. The van der Waals surface area contributed by atoms with Crippen LogP contribution in [0.15, 0.2) is 0 Å². The molecule has 0 aromatic heterocycles. The lowest BCUT2D eigenvalue weighted by molar-refractivity contribution is -0.142. The summed E-state index contributed by atoms with van der Waals surface area (Å²) in [6, 6.07) is -1.57.